The third kappa shape index (κ3) is 4.64. The first-order chi connectivity index (χ1) is 7.24. The number of nitrogens with two attached hydrogens (primary N) is 1. The lowest BCUT2D eigenvalue weighted by Gasteiger charge is -2.05. The largest absolute Gasteiger partial charge is 0.385 e. The number of thioether (sulfide) groups is 1. The zero-order chi connectivity index (χ0) is 11.1. The fraction of sp³-hybridized carbons (Fsp3) is 0.545. The molecule has 0 saturated heterocycles. The van der Waals surface area contributed by atoms with Gasteiger partial charge in [0, 0.05) is 36.6 Å². The van der Waals surface area contributed by atoms with Gasteiger partial charge in [0.2, 0.25) is 0 Å². The molecule has 84 valence electrons. The van der Waals surface area contributed by atoms with Crippen LogP contribution >= 0.6 is 11.8 Å². The van der Waals surface area contributed by atoms with Crippen LogP contribution in [0.2, 0.25) is 0 Å². The Kier molecular flexibility index (Phi) is 5.68. The molecule has 0 aliphatic rings. The summed E-state index contributed by atoms with van der Waals surface area (Å²) in [7, 11) is 1.73. The zero-order valence-electron chi connectivity index (χ0n) is 9.27. The van der Waals surface area contributed by atoms with Crippen LogP contribution in [0.1, 0.15) is 25.1 Å². The number of pyridine rings is 1. The van der Waals surface area contributed by atoms with Gasteiger partial charge in [-0.05, 0) is 25.5 Å². The smallest absolute Gasteiger partial charge is 0.0569 e. The highest BCUT2D eigenvalue weighted by Gasteiger charge is 2.00. The molecule has 0 saturated carbocycles. The van der Waals surface area contributed by atoms with Crippen LogP contribution in [-0.4, -0.2) is 24.5 Å². The molecule has 1 aromatic heterocycles. The molecular formula is C11H18N2OS. The quantitative estimate of drug-likeness (QED) is 0.597. The topological polar surface area (TPSA) is 48.1 Å². The van der Waals surface area contributed by atoms with Crippen LogP contribution in [-0.2, 0) is 4.74 Å². The molecule has 0 aliphatic heterocycles. The Labute approximate surface area is 95.4 Å². The highest BCUT2D eigenvalue weighted by molar-refractivity contribution is 7.99. The Balaban J connectivity index is 2.36. The summed E-state index contributed by atoms with van der Waals surface area (Å²) in [5.41, 5.74) is 6.66. The number of rotatable bonds is 6. The third-order valence-electron chi connectivity index (χ3n) is 1.99. The molecule has 15 heavy (non-hydrogen) atoms. The molecule has 1 rings (SSSR count). The van der Waals surface area contributed by atoms with Crippen molar-refractivity contribution in [2.24, 2.45) is 5.73 Å². The van der Waals surface area contributed by atoms with Crippen LogP contribution in [0.25, 0.3) is 0 Å². The number of hydrogen-bond donors (Lipinski definition) is 1. The highest BCUT2D eigenvalue weighted by Crippen LogP contribution is 2.18. The summed E-state index contributed by atoms with van der Waals surface area (Å²) in [6.45, 7) is 2.76. The van der Waals surface area contributed by atoms with Crippen molar-refractivity contribution in [1.82, 2.24) is 4.98 Å². The van der Waals surface area contributed by atoms with Gasteiger partial charge in [-0.15, -0.1) is 11.8 Å². The van der Waals surface area contributed by atoms with Crippen molar-refractivity contribution in [1.29, 1.82) is 0 Å². The van der Waals surface area contributed by atoms with E-state index < -0.39 is 0 Å². The first kappa shape index (κ1) is 12.5. The predicted octanol–water partition coefficient (Wildman–Crippen LogP) is 2.23. The number of methoxy groups -OCH3 is 1. The second-order valence-electron chi connectivity index (χ2n) is 3.40. The highest BCUT2D eigenvalue weighted by atomic mass is 32.2. The Morgan fingerprint density at radius 1 is 1.53 bits per heavy atom. The van der Waals surface area contributed by atoms with Gasteiger partial charge in [-0.2, -0.15) is 0 Å². The van der Waals surface area contributed by atoms with E-state index in [1.54, 1.807) is 18.9 Å². The Morgan fingerprint density at radius 2 is 2.33 bits per heavy atom. The molecule has 1 heterocycles. The van der Waals surface area contributed by atoms with E-state index >= 15 is 0 Å². The van der Waals surface area contributed by atoms with Gasteiger partial charge in [0.1, 0.15) is 0 Å². The van der Waals surface area contributed by atoms with Crippen LogP contribution in [0.3, 0.4) is 0 Å². The first-order valence-electron chi connectivity index (χ1n) is 5.07. The van der Waals surface area contributed by atoms with Gasteiger partial charge in [0.25, 0.3) is 0 Å². The van der Waals surface area contributed by atoms with Gasteiger partial charge in [0.05, 0.1) is 5.69 Å². The zero-order valence-corrected chi connectivity index (χ0v) is 10.1. The normalized spacial score (nSPS) is 12.7. The molecule has 0 radical (unpaired) electrons. The molecule has 0 amide bonds. The van der Waals surface area contributed by atoms with Gasteiger partial charge < -0.3 is 10.5 Å². The lowest BCUT2D eigenvalue weighted by Crippen LogP contribution is -2.06. The van der Waals surface area contributed by atoms with Crippen molar-refractivity contribution < 1.29 is 4.74 Å². The van der Waals surface area contributed by atoms with E-state index in [1.165, 1.54) is 4.90 Å². The molecule has 0 spiro atoms. The predicted molar refractivity (Wildman–Crippen MR) is 64.1 cm³/mol. The monoisotopic (exact) mass is 226 g/mol. The van der Waals surface area contributed by atoms with Crippen molar-refractivity contribution in [3.05, 3.63) is 24.0 Å². The van der Waals surface area contributed by atoms with E-state index in [0.717, 1.165) is 24.5 Å². The maximum Gasteiger partial charge on any atom is 0.0569 e. The number of hydrogen-bond acceptors (Lipinski definition) is 4. The van der Waals surface area contributed by atoms with Crippen LogP contribution in [0.5, 0.6) is 0 Å². The molecule has 0 fully saturated rings. The third-order valence-corrected chi connectivity index (χ3v) is 3.05. The lowest BCUT2D eigenvalue weighted by atomic mass is 10.2. The molecule has 2 N–H and O–H groups in total. The summed E-state index contributed by atoms with van der Waals surface area (Å²) in [5, 5.41) is 0. The number of nitrogens with zero attached hydrogens (tertiary/aromatic N) is 1. The minimum atomic E-state index is 0.0116. The summed E-state index contributed by atoms with van der Waals surface area (Å²) in [6, 6.07) is 4.07. The van der Waals surface area contributed by atoms with E-state index in [1.807, 2.05) is 19.2 Å². The van der Waals surface area contributed by atoms with Crippen LogP contribution in [0, 0.1) is 0 Å². The average Bonchev–Trinajstić information content (AvgIpc) is 2.25. The van der Waals surface area contributed by atoms with Crippen molar-refractivity contribution >= 4 is 11.8 Å². The second kappa shape index (κ2) is 6.82. The summed E-state index contributed by atoms with van der Waals surface area (Å²) in [5.74, 6) is 1.06. The van der Waals surface area contributed by atoms with E-state index in [2.05, 4.69) is 11.1 Å². The van der Waals surface area contributed by atoms with Gasteiger partial charge >= 0.3 is 0 Å². The van der Waals surface area contributed by atoms with Crippen molar-refractivity contribution in [2.75, 3.05) is 19.5 Å². The fourth-order valence-electron chi connectivity index (χ4n) is 1.14. The van der Waals surface area contributed by atoms with Crippen LogP contribution in [0.15, 0.2) is 23.2 Å². The first-order valence-corrected chi connectivity index (χ1v) is 6.06. The van der Waals surface area contributed by atoms with Gasteiger partial charge in [-0.1, -0.05) is 0 Å². The summed E-state index contributed by atoms with van der Waals surface area (Å²) >= 11 is 1.80. The van der Waals surface area contributed by atoms with Gasteiger partial charge in [0.15, 0.2) is 0 Å². The molecule has 3 nitrogen and oxygen atoms in total. The molecule has 0 aromatic carbocycles. The molecular weight excluding hydrogens is 208 g/mol. The lowest BCUT2D eigenvalue weighted by molar-refractivity contribution is 0.200. The fourth-order valence-corrected chi connectivity index (χ4v) is 1.93. The van der Waals surface area contributed by atoms with E-state index in [9.17, 15) is 0 Å². The number of ether oxygens (including phenoxy) is 1. The van der Waals surface area contributed by atoms with Crippen LogP contribution < -0.4 is 5.73 Å². The second-order valence-corrected chi connectivity index (χ2v) is 4.57. The maximum absolute atomic E-state index is 5.72. The minimum absolute atomic E-state index is 0.0116. The minimum Gasteiger partial charge on any atom is -0.385 e. The Bertz CT molecular complexity index is 274. The molecule has 0 bridgehead atoms. The summed E-state index contributed by atoms with van der Waals surface area (Å²) in [6.07, 6.45) is 2.95. The number of aromatic nitrogens is 1. The van der Waals surface area contributed by atoms with Crippen LogP contribution in [0.4, 0.5) is 0 Å². The van der Waals surface area contributed by atoms with Gasteiger partial charge in [-0.3, -0.25) is 4.98 Å². The van der Waals surface area contributed by atoms with E-state index in [-0.39, 0.29) is 6.04 Å². The average molecular weight is 226 g/mol. The van der Waals surface area contributed by atoms with Crippen molar-refractivity contribution in [3.8, 4) is 0 Å². The SMILES string of the molecule is COCCCSc1ccc(C(C)N)nc1. The Morgan fingerprint density at radius 3 is 2.87 bits per heavy atom. The van der Waals surface area contributed by atoms with E-state index in [0.29, 0.717) is 0 Å². The Hall–Kier alpha value is -0.580. The van der Waals surface area contributed by atoms with E-state index in [4.69, 9.17) is 10.5 Å². The summed E-state index contributed by atoms with van der Waals surface area (Å²) in [4.78, 5) is 5.49. The maximum atomic E-state index is 5.72. The molecule has 4 heteroatoms. The standard InChI is InChI=1S/C11H18N2OS/c1-9(12)11-5-4-10(8-13-11)15-7-3-6-14-2/h4-5,8-9H,3,6-7,12H2,1-2H3. The molecule has 1 aromatic rings. The molecule has 1 atom stereocenters. The summed E-state index contributed by atoms with van der Waals surface area (Å²) < 4.78 is 4.98. The molecule has 1 unspecified atom stereocenters. The van der Waals surface area contributed by atoms with Crippen molar-refractivity contribution in [3.63, 3.8) is 0 Å². The van der Waals surface area contributed by atoms with Gasteiger partial charge in [-0.25, -0.2) is 0 Å². The molecule has 0 aliphatic carbocycles. The van der Waals surface area contributed by atoms with Crippen molar-refractivity contribution in [2.45, 2.75) is 24.3 Å².